The first-order valence-corrected chi connectivity index (χ1v) is 9.69. The summed E-state index contributed by atoms with van der Waals surface area (Å²) in [5, 5.41) is 22.2. The maximum atomic E-state index is 11.6. The summed E-state index contributed by atoms with van der Waals surface area (Å²) >= 11 is 1.61. The highest BCUT2D eigenvalue weighted by molar-refractivity contribution is 7.98. The van der Waals surface area contributed by atoms with Crippen molar-refractivity contribution in [1.29, 1.82) is 0 Å². The van der Waals surface area contributed by atoms with Gasteiger partial charge in [-0.2, -0.15) is 18.3 Å². The number of hydrogen-bond donors (Lipinski definition) is 3. The Morgan fingerprint density at radius 2 is 1.90 bits per heavy atom. The molecule has 8 nitrogen and oxygen atoms in total. The Balaban J connectivity index is 0.000000370. The fraction of sp³-hybridized carbons (Fsp3) is 0.412. The van der Waals surface area contributed by atoms with Gasteiger partial charge in [0.25, 0.3) is 0 Å². The number of aromatic nitrogens is 3. The van der Waals surface area contributed by atoms with Gasteiger partial charge in [0.2, 0.25) is 0 Å². The molecule has 12 heteroatoms. The summed E-state index contributed by atoms with van der Waals surface area (Å²) in [7, 11) is 0. The third kappa shape index (κ3) is 5.07. The summed E-state index contributed by atoms with van der Waals surface area (Å²) in [5.74, 6) is -3.68. The highest BCUT2D eigenvalue weighted by Crippen LogP contribution is 2.37. The third-order valence-electron chi connectivity index (χ3n) is 4.16. The number of fused-ring (bicyclic) bond motifs is 3. The van der Waals surface area contributed by atoms with Gasteiger partial charge in [0.05, 0.1) is 10.7 Å². The molecule has 2 aromatic heterocycles. The van der Waals surface area contributed by atoms with E-state index in [9.17, 15) is 23.1 Å². The molecule has 29 heavy (non-hydrogen) atoms. The fourth-order valence-electron chi connectivity index (χ4n) is 2.96. The van der Waals surface area contributed by atoms with E-state index in [-0.39, 0.29) is 0 Å². The molecule has 1 aliphatic rings. The molecular formula is C17H19F3N4O4S. The number of carbonyl (C=O) groups is 2. The molecular weight excluding hydrogens is 413 g/mol. The molecule has 4 N–H and O–H groups in total. The van der Waals surface area contributed by atoms with Gasteiger partial charge in [-0.25, -0.2) is 14.6 Å². The van der Waals surface area contributed by atoms with Crippen molar-refractivity contribution in [2.75, 3.05) is 12.8 Å². The molecule has 158 valence electrons. The van der Waals surface area contributed by atoms with Crippen LogP contribution in [0.1, 0.15) is 28.0 Å². The summed E-state index contributed by atoms with van der Waals surface area (Å²) in [6.45, 7) is 1.04. The minimum Gasteiger partial charge on any atom is -0.477 e. The second-order valence-electron chi connectivity index (χ2n) is 6.00. The van der Waals surface area contributed by atoms with Gasteiger partial charge in [-0.3, -0.25) is 4.68 Å². The highest BCUT2D eigenvalue weighted by atomic mass is 32.2. The first-order chi connectivity index (χ1) is 13.6. The number of nitrogens with zero attached hydrogens (tertiary/aromatic N) is 3. The predicted octanol–water partition coefficient (Wildman–Crippen LogP) is 2.45. The molecule has 0 spiro atoms. The second kappa shape index (κ2) is 9.27. The van der Waals surface area contributed by atoms with Crippen molar-refractivity contribution >= 4 is 23.7 Å². The number of halogens is 3. The summed E-state index contributed by atoms with van der Waals surface area (Å²) in [6.07, 6.45) is 0.876. The molecule has 0 radical (unpaired) electrons. The number of aliphatic carboxylic acids is 1. The number of alkyl halides is 3. The SMILES string of the molecule is CSc1nccc2c1CCc1c-2nn(CCCN)c1C(=O)O.O=C(O)C(F)(F)F. The van der Waals surface area contributed by atoms with Crippen molar-refractivity contribution in [2.45, 2.75) is 37.0 Å². The van der Waals surface area contributed by atoms with Crippen molar-refractivity contribution in [3.05, 3.63) is 29.1 Å². The van der Waals surface area contributed by atoms with E-state index in [1.54, 1.807) is 22.6 Å². The molecule has 0 amide bonds. The number of nitrogens with two attached hydrogens (primary N) is 1. The summed E-state index contributed by atoms with van der Waals surface area (Å²) in [6, 6.07) is 1.93. The lowest BCUT2D eigenvalue weighted by Crippen LogP contribution is -2.21. The van der Waals surface area contributed by atoms with Crippen LogP contribution in [0.4, 0.5) is 13.2 Å². The zero-order valence-electron chi connectivity index (χ0n) is 15.4. The largest absolute Gasteiger partial charge is 0.490 e. The zero-order chi connectivity index (χ0) is 21.8. The van der Waals surface area contributed by atoms with Gasteiger partial charge < -0.3 is 15.9 Å². The first-order valence-electron chi connectivity index (χ1n) is 8.47. The Bertz CT molecular complexity index is 915. The minimum atomic E-state index is -5.08. The van der Waals surface area contributed by atoms with E-state index >= 15 is 0 Å². The molecule has 2 aromatic rings. The van der Waals surface area contributed by atoms with Crippen LogP contribution in [0.15, 0.2) is 17.3 Å². The van der Waals surface area contributed by atoms with E-state index in [0.717, 1.165) is 28.3 Å². The summed E-state index contributed by atoms with van der Waals surface area (Å²) in [5.41, 5.74) is 9.63. The van der Waals surface area contributed by atoms with Gasteiger partial charge in [0, 0.05) is 23.9 Å². The van der Waals surface area contributed by atoms with Gasteiger partial charge in [-0.1, -0.05) is 0 Å². The molecule has 0 fully saturated rings. The number of hydrogen-bond acceptors (Lipinski definition) is 6. The van der Waals surface area contributed by atoms with Crippen LogP contribution in [-0.4, -0.2) is 55.9 Å². The summed E-state index contributed by atoms with van der Waals surface area (Å²) in [4.78, 5) is 24.9. The van der Waals surface area contributed by atoms with Crippen LogP contribution < -0.4 is 5.73 Å². The Labute approximate surface area is 167 Å². The number of pyridine rings is 1. The number of carboxylic acids is 2. The standard InChI is InChI=1S/C15H18N4O2S.C2HF3O2/c1-22-14-10-3-4-11-12(9(10)5-7-17-14)18-19(8-2-6-16)13(11)15(20)21;3-2(4,5)1(6)7/h5,7H,2-4,6,8,16H2,1H3,(H,20,21);(H,6,7). The normalized spacial score (nSPS) is 12.4. The number of rotatable bonds is 5. The van der Waals surface area contributed by atoms with E-state index in [2.05, 4.69) is 10.1 Å². The van der Waals surface area contributed by atoms with Crippen LogP contribution in [0.5, 0.6) is 0 Å². The van der Waals surface area contributed by atoms with Crippen LogP contribution in [0.3, 0.4) is 0 Å². The van der Waals surface area contributed by atoms with Gasteiger partial charge in [0.1, 0.15) is 5.69 Å². The molecule has 0 saturated carbocycles. The number of thioether (sulfide) groups is 1. The lowest BCUT2D eigenvalue weighted by Gasteiger charge is -2.17. The Hall–Kier alpha value is -2.60. The fourth-order valence-corrected chi connectivity index (χ4v) is 3.58. The van der Waals surface area contributed by atoms with Crippen LogP contribution in [-0.2, 0) is 24.2 Å². The average Bonchev–Trinajstić information content (AvgIpc) is 3.04. The topological polar surface area (TPSA) is 131 Å². The monoisotopic (exact) mass is 432 g/mol. The van der Waals surface area contributed by atoms with Crippen molar-refractivity contribution in [3.8, 4) is 11.3 Å². The molecule has 0 atom stereocenters. The quantitative estimate of drug-likeness (QED) is 0.614. The number of aryl methyl sites for hydroxylation is 1. The number of carboxylic acid groups (broad SMARTS) is 2. The van der Waals surface area contributed by atoms with Crippen LogP contribution >= 0.6 is 11.8 Å². The van der Waals surface area contributed by atoms with Crippen LogP contribution in [0.25, 0.3) is 11.3 Å². The van der Waals surface area contributed by atoms with Gasteiger partial charge in [0.15, 0.2) is 0 Å². The van der Waals surface area contributed by atoms with Crippen molar-refractivity contribution in [3.63, 3.8) is 0 Å². The molecule has 1 aliphatic carbocycles. The maximum absolute atomic E-state index is 11.6. The molecule has 3 rings (SSSR count). The van der Waals surface area contributed by atoms with E-state index in [1.807, 2.05) is 12.3 Å². The van der Waals surface area contributed by atoms with Crippen molar-refractivity contribution in [2.24, 2.45) is 5.73 Å². The molecule has 0 aliphatic heterocycles. The van der Waals surface area contributed by atoms with Crippen LogP contribution in [0.2, 0.25) is 0 Å². The van der Waals surface area contributed by atoms with Crippen LogP contribution in [0, 0.1) is 0 Å². The van der Waals surface area contributed by atoms with E-state index in [0.29, 0.717) is 31.6 Å². The van der Waals surface area contributed by atoms with Gasteiger partial charge in [-0.05, 0) is 43.7 Å². The Morgan fingerprint density at radius 3 is 2.41 bits per heavy atom. The molecule has 2 heterocycles. The molecule has 0 bridgehead atoms. The number of aromatic carboxylic acids is 1. The third-order valence-corrected chi connectivity index (χ3v) is 4.90. The molecule has 0 aromatic carbocycles. The second-order valence-corrected chi connectivity index (χ2v) is 6.79. The smallest absolute Gasteiger partial charge is 0.477 e. The lowest BCUT2D eigenvalue weighted by atomic mass is 9.90. The lowest BCUT2D eigenvalue weighted by molar-refractivity contribution is -0.192. The first kappa shape index (κ1) is 22.7. The highest BCUT2D eigenvalue weighted by Gasteiger charge is 2.38. The molecule has 0 unspecified atom stereocenters. The Morgan fingerprint density at radius 1 is 1.28 bits per heavy atom. The van der Waals surface area contributed by atoms with Crippen molar-refractivity contribution < 1.29 is 33.0 Å². The van der Waals surface area contributed by atoms with E-state index < -0.39 is 18.1 Å². The minimum absolute atomic E-state index is 0.302. The van der Waals surface area contributed by atoms with Crippen molar-refractivity contribution in [1.82, 2.24) is 14.8 Å². The van der Waals surface area contributed by atoms with E-state index in [4.69, 9.17) is 15.6 Å². The van der Waals surface area contributed by atoms with Gasteiger partial charge in [-0.15, -0.1) is 11.8 Å². The zero-order valence-corrected chi connectivity index (χ0v) is 16.2. The maximum Gasteiger partial charge on any atom is 0.490 e. The Kier molecular flexibility index (Phi) is 7.25. The van der Waals surface area contributed by atoms with Gasteiger partial charge >= 0.3 is 18.1 Å². The average molecular weight is 432 g/mol. The summed E-state index contributed by atoms with van der Waals surface area (Å²) < 4.78 is 33.3. The predicted molar refractivity (Wildman–Crippen MR) is 99.0 cm³/mol. The molecule has 0 saturated heterocycles. The van der Waals surface area contributed by atoms with E-state index in [1.165, 1.54) is 5.56 Å².